The number of carboxylic acids is 1. The summed E-state index contributed by atoms with van der Waals surface area (Å²) in [6, 6.07) is 0.230. The molecule has 0 aliphatic rings. The van der Waals surface area contributed by atoms with Crippen molar-refractivity contribution in [2.45, 2.75) is 6.18 Å². The quantitative estimate of drug-likeness (QED) is 0.747. The van der Waals surface area contributed by atoms with E-state index >= 15 is 0 Å². The summed E-state index contributed by atoms with van der Waals surface area (Å²) in [5.74, 6) is -5.71. The molecule has 0 atom stereocenters. The van der Waals surface area contributed by atoms with Crippen molar-refractivity contribution >= 4 is 5.97 Å². The maximum absolute atomic E-state index is 12.7. The SMILES string of the molecule is O=C(O)c1cc(F)c(F)c(C(F)(F)F)c1. The van der Waals surface area contributed by atoms with Crippen molar-refractivity contribution in [2.24, 2.45) is 0 Å². The van der Waals surface area contributed by atoms with Crippen molar-refractivity contribution in [3.8, 4) is 0 Å². The van der Waals surface area contributed by atoms with E-state index in [1.165, 1.54) is 0 Å². The first kappa shape index (κ1) is 11.4. The van der Waals surface area contributed by atoms with Gasteiger partial charge in [-0.15, -0.1) is 0 Å². The zero-order chi connectivity index (χ0) is 11.8. The van der Waals surface area contributed by atoms with Crippen LogP contribution in [0.5, 0.6) is 0 Å². The molecule has 0 unspecified atom stereocenters. The van der Waals surface area contributed by atoms with E-state index in [4.69, 9.17) is 5.11 Å². The summed E-state index contributed by atoms with van der Waals surface area (Å²) < 4.78 is 61.5. The molecule has 0 bridgehead atoms. The van der Waals surface area contributed by atoms with E-state index in [-0.39, 0.29) is 12.1 Å². The van der Waals surface area contributed by atoms with Gasteiger partial charge in [-0.1, -0.05) is 0 Å². The Morgan fingerprint density at radius 3 is 2.13 bits per heavy atom. The summed E-state index contributed by atoms with van der Waals surface area (Å²) in [4.78, 5) is 10.3. The summed E-state index contributed by atoms with van der Waals surface area (Å²) in [7, 11) is 0. The second-order valence-corrected chi connectivity index (χ2v) is 2.62. The lowest BCUT2D eigenvalue weighted by Gasteiger charge is -2.09. The number of benzene rings is 1. The highest BCUT2D eigenvalue weighted by atomic mass is 19.4. The van der Waals surface area contributed by atoms with Crippen LogP contribution in [0.25, 0.3) is 0 Å². The highest BCUT2D eigenvalue weighted by Crippen LogP contribution is 2.33. The molecule has 0 spiro atoms. The molecule has 0 aromatic heterocycles. The van der Waals surface area contributed by atoms with Gasteiger partial charge in [0.1, 0.15) is 0 Å². The molecule has 0 saturated heterocycles. The lowest BCUT2D eigenvalue weighted by Crippen LogP contribution is -2.12. The van der Waals surface area contributed by atoms with Crippen LogP contribution in [-0.4, -0.2) is 11.1 Å². The maximum atomic E-state index is 12.7. The molecule has 15 heavy (non-hydrogen) atoms. The predicted molar refractivity (Wildman–Crippen MR) is 38.3 cm³/mol. The molecule has 1 N–H and O–H groups in total. The highest BCUT2D eigenvalue weighted by Gasteiger charge is 2.36. The summed E-state index contributed by atoms with van der Waals surface area (Å²) >= 11 is 0. The largest absolute Gasteiger partial charge is 0.478 e. The second-order valence-electron chi connectivity index (χ2n) is 2.62. The van der Waals surface area contributed by atoms with E-state index in [0.29, 0.717) is 0 Å². The Hall–Kier alpha value is -1.66. The molecule has 2 nitrogen and oxygen atoms in total. The van der Waals surface area contributed by atoms with Gasteiger partial charge in [-0.25, -0.2) is 13.6 Å². The number of carbonyl (C=O) groups is 1. The van der Waals surface area contributed by atoms with Crippen molar-refractivity contribution in [3.63, 3.8) is 0 Å². The Morgan fingerprint density at radius 2 is 1.73 bits per heavy atom. The Morgan fingerprint density at radius 1 is 1.20 bits per heavy atom. The van der Waals surface area contributed by atoms with Gasteiger partial charge < -0.3 is 5.11 Å². The minimum absolute atomic E-state index is 0.0424. The number of halogens is 5. The molecule has 0 aliphatic heterocycles. The number of alkyl halides is 3. The van der Waals surface area contributed by atoms with Crippen molar-refractivity contribution < 1.29 is 31.9 Å². The third kappa shape index (κ3) is 2.23. The van der Waals surface area contributed by atoms with Crippen molar-refractivity contribution in [1.82, 2.24) is 0 Å². The number of hydrogen-bond acceptors (Lipinski definition) is 1. The Kier molecular flexibility index (Phi) is 2.65. The third-order valence-corrected chi connectivity index (χ3v) is 1.58. The zero-order valence-corrected chi connectivity index (χ0v) is 6.90. The highest BCUT2D eigenvalue weighted by molar-refractivity contribution is 5.87. The molecule has 1 rings (SSSR count). The van der Waals surface area contributed by atoms with Crippen LogP contribution in [0.15, 0.2) is 12.1 Å². The molecule has 0 radical (unpaired) electrons. The molecular formula is C8H3F5O2. The molecule has 0 amide bonds. The van der Waals surface area contributed by atoms with Gasteiger partial charge in [0.05, 0.1) is 11.1 Å². The molecule has 0 heterocycles. The van der Waals surface area contributed by atoms with Gasteiger partial charge in [0.2, 0.25) is 0 Å². The van der Waals surface area contributed by atoms with Gasteiger partial charge in [-0.2, -0.15) is 13.2 Å². The van der Waals surface area contributed by atoms with Crippen LogP contribution < -0.4 is 0 Å². The average Bonchev–Trinajstić information content (AvgIpc) is 2.06. The van der Waals surface area contributed by atoms with Gasteiger partial charge >= 0.3 is 12.1 Å². The van der Waals surface area contributed by atoms with Crippen molar-refractivity contribution in [2.75, 3.05) is 0 Å². The summed E-state index contributed by atoms with van der Waals surface area (Å²) in [6.07, 6.45) is -5.13. The van der Waals surface area contributed by atoms with Crippen molar-refractivity contribution in [1.29, 1.82) is 0 Å². The summed E-state index contributed by atoms with van der Waals surface area (Å²) in [5, 5.41) is 8.33. The average molecular weight is 226 g/mol. The number of aromatic carboxylic acids is 1. The van der Waals surface area contributed by atoms with E-state index in [1.807, 2.05) is 0 Å². The van der Waals surface area contributed by atoms with Gasteiger partial charge in [-0.05, 0) is 12.1 Å². The topological polar surface area (TPSA) is 37.3 Å². The van der Waals surface area contributed by atoms with E-state index < -0.39 is 34.9 Å². The molecule has 0 saturated carbocycles. The molecule has 1 aromatic rings. The van der Waals surface area contributed by atoms with Gasteiger partial charge in [0, 0.05) is 0 Å². The number of rotatable bonds is 1. The second kappa shape index (κ2) is 3.48. The third-order valence-electron chi connectivity index (χ3n) is 1.58. The Balaban J connectivity index is 3.45. The van der Waals surface area contributed by atoms with E-state index in [1.54, 1.807) is 0 Å². The van der Waals surface area contributed by atoms with Crippen LogP contribution in [-0.2, 0) is 6.18 Å². The van der Waals surface area contributed by atoms with Gasteiger partial charge in [-0.3, -0.25) is 0 Å². The van der Waals surface area contributed by atoms with Gasteiger partial charge in [0.25, 0.3) is 0 Å². The molecule has 7 heteroatoms. The first-order valence-electron chi connectivity index (χ1n) is 3.53. The van der Waals surface area contributed by atoms with E-state index in [9.17, 15) is 26.7 Å². The lowest BCUT2D eigenvalue weighted by atomic mass is 10.1. The van der Waals surface area contributed by atoms with Gasteiger partial charge in [0.15, 0.2) is 11.6 Å². The molecule has 0 fully saturated rings. The standard InChI is InChI=1S/C8H3F5O2/c9-5-2-3(7(14)15)1-4(6(5)10)8(11,12)13/h1-2H,(H,14,15). The first-order chi connectivity index (χ1) is 6.73. The fraction of sp³-hybridized carbons (Fsp3) is 0.125. The molecule has 0 aliphatic carbocycles. The normalized spacial score (nSPS) is 11.5. The monoisotopic (exact) mass is 226 g/mol. The first-order valence-corrected chi connectivity index (χ1v) is 3.53. The smallest absolute Gasteiger partial charge is 0.419 e. The zero-order valence-electron chi connectivity index (χ0n) is 6.90. The van der Waals surface area contributed by atoms with Crippen LogP contribution in [0.3, 0.4) is 0 Å². The summed E-state index contributed by atoms with van der Waals surface area (Å²) in [6.45, 7) is 0. The maximum Gasteiger partial charge on any atom is 0.419 e. The van der Waals surface area contributed by atoms with Crippen LogP contribution in [0.1, 0.15) is 15.9 Å². The lowest BCUT2D eigenvalue weighted by molar-refractivity contribution is -0.140. The predicted octanol–water partition coefficient (Wildman–Crippen LogP) is 2.68. The fourth-order valence-corrected chi connectivity index (χ4v) is 0.919. The van der Waals surface area contributed by atoms with E-state index in [2.05, 4.69) is 0 Å². The number of hydrogen-bond donors (Lipinski definition) is 1. The minimum Gasteiger partial charge on any atom is -0.478 e. The molecular weight excluding hydrogens is 223 g/mol. The van der Waals surface area contributed by atoms with Crippen LogP contribution in [0.2, 0.25) is 0 Å². The summed E-state index contributed by atoms with van der Waals surface area (Å²) in [5.41, 5.74) is -2.89. The van der Waals surface area contributed by atoms with Crippen molar-refractivity contribution in [3.05, 3.63) is 34.9 Å². The fourth-order valence-electron chi connectivity index (χ4n) is 0.919. The Labute approximate surface area is 79.9 Å². The van der Waals surface area contributed by atoms with Crippen LogP contribution in [0.4, 0.5) is 22.0 Å². The minimum atomic E-state index is -5.13. The number of carboxylic acid groups (broad SMARTS) is 1. The Bertz CT molecular complexity index is 410. The molecule has 1 aromatic carbocycles. The molecule has 82 valence electrons. The van der Waals surface area contributed by atoms with E-state index in [0.717, 1.165) is 0 Å². The van der Waals surface area contributed by atoms with Crippen LogP contribution in [0, 0.1) is 11.6 Å². The van der Waals surface area contributed by atoms with Crippen LogP contribution >= 0.6 is 0 Å².